The zero-order valence-electron chi connectivity index (χ0n) is 18.2. The van der Waals surface area contributed by atoms with Gasteiger partial charge in [0.05, 0.1) is 31.9 Å². The van der Waals surface area contributed by atoms with Crippen molar-refractivity contribution in [1.29, 1.82) is 0 Å². The maximum Gasteiger partial charge on any atom is 0.203 e. The Balaban J connectivity index is 0.00000341. The standard InChI is InChI=1S/C20H30N4O5S.ClH/c1-12(2)14-9-16(27-3)17(28-4)10-15(14)29-20(11-23-19(22)24-18(20)21)13-5-7-30(25,26)8-6-13;/h9-13,19H,5-8,22H2,1-4H3,(H2,21,24);1H. The molecule has 31 heavy (non-hydrogen) atoms. The van der Waals surface area contributed by atoms with Crippen molar-refractivity contribution in [3.8, 4) is 17.2 Å². The summed E-state index contributed by atoms with van der Waals surface area (Å²) in [5.74, 6) is 1.89. The van der Waals surface area contributed by atoms with Crippen molar-refractivity contribution in [3.63, 3.8) is 0 Å². The number of methoxy groups -OCH3 is 2. The van der Waals surface area contributed by atoms with Crippen molar-refractivity contribution in [2.45, 2.75) is 44.5 Å². The highest BCUT2D eigenvalue weighted by molar-refractivity contribution is 7.91. The van der Waals surface area contributed by atoms with E-state index < -0.39 is 21.7 Å². The van der Waals surface area contributed by atoms with Gasteiger partial charge in [-0.2, -0.15) is 0 Å². The summed E-state index contributed by atoms with van der Waals surface area (Å²) in [4.78, 5) is 8.49. The second-order valence-electron chi connectivity index (χ2n) is 7.93. The third kappa shape index (κ3) is 5.07. The van der Waals surface area contributed by atoms with E-state index in [4.69, 9.17) is 25.7 Å². The van der Waals surface area contributed by atoms with Crippen LogP contribution in [-0.2, 0) is 9.84 Å². The molecule has 2 atom stereocenters. The fourth-order valence-electron chi connectivity index (χ4n) is 3.92. The second-order valence-corrected chi connectivity index (χ2v) is 10.2. The highest BCUT2D eigenvalue weighted by Crippen LogP contribution is 2.42. The molecule has 0 saturated carbocycles. The largest absolute Gasteiger partial charge is 0.493 e. The molecule has 0 bridgehead atoms. The molecule has 0 aromatic heterocycles. The fourth-order valence-corrected chi connectivity index (χ4v) is 5.41. The van der Waals surface area contributed by atoms with Crippen LogP contribution in [0.1, 0.15) is 38.2 Å². The molecule has 2 aliphatic rings. The summed E-state index contributed by atoms with van der Waals surface area (Å²) in [5.41, 5.74) is 11.9. The maximum absolute atomic E-state index is 12.0. The molecular formula is C20H31ClN4O5S. The molecule has 1 saturated heterocycles. The average molecular weight is 475 g/mol. The average Bonchev–Trinajstić information content (AvgIpc) is 2.69. The van der Waals surface area contributed by atoms with E-state index in [1.807, 2.05) is 19.9 Å². The summed E-state index contributed by atoms with van der Waals surface area (Å²) in [5, 5.41) is 0. The van der Waals surface area contributed by atoms with Crippen LogP contribution in [-0.4, -0.2) is 58.1 Å². The normalized spacial score (nSPS) is 25.5. The summed E-state index contributed by atoms with van der Waals surface area (Å²) in [6.45, 7) is 4.08. The van der Waals surface area contributed by atoms with Gasteiger partial charge in [-0.1, -0.05) is 13.8 Å². The predicted molar refractivity (Wildman–Crippen MR) is 124 cm³/mol. The molecule has 1 aromatic rings. The molecule has 0 aliphatic carbocycles. The topological polar surface area (TPSA) is 139 Å². The first-order chi connectivity index (χ1) is 14.1. The van der Waals surface area contributed by atoms with E-state index in [0.29, 0.717) is 30.1 Å². The van der Waals surface area contributed by atoms with E-state index >= 15 is 0 Å². The Bertz CT molecular complexity index is 953. The van der Waals surface area contributed by atoms with E-state index in [-0.39, 0.29) is 41.6 Å². The maximum atomic E-state index is 12.0. The lowest BCUT2D eigenvalue weighted by Gasteiger charge is -2.41. The Hall–Kier alpha value is -2.04. The number of nitrogens with zero attached hydrogens (tertiary/aromatic N) is 2. The number of benzene rings is 1. The quantitative estimate of drug-likeness (QED) is 0.641. The number of halogens is 1. The van der Waals surface area contributed by atoms with Gasteiger partial charge in [-0.15, -0.1) is 12.4 Å². The summed E-state index contributed by atoms with van der Waals surface area (Å²) >= 11 is 0. The minimum atomic E-state index is -3.07. The SMILES string of the molecule is COc1cc(OC2(C3CCS(=O)(=O)CC3)C=NC(N)N=C2N)c(C(C)C)cc1OC.Cl. The number of sulfone groups is 1. The van der Waals surface area contributed by atoms with Gasteiger partial charge in [0.25, 0.3) is 0 Å². The van der Waals surface area contributed by atoms with Crippen molar-refractivity contribution >= 4 is 34.3 Å². The molecule has 1 aromatic carbocycles. The van der Waals surface area contributed by atoms with E-state index in [0.717, 1.165) is 5.56 Å². The summed E-state index contributed by atoms with van der Waals surface area (Å²) in [6.07, 6.45) is 1.57. The Kier molecular flexibility index (Phi) is 7.83. The predicted octanol–water partition coefficient (Wildman–Crippen LogP) is 1.88. The minimum absolute atomic E-state index is 0. The van der Waals surface area contributed by atoms with Crippen LogP contribution in [0.4, 0.5) is 0 Å². The monoisotopic (exact) mass is 474 g/mol. The molecule has 2 heterocycles. The van der Waals surface area contributed by atoms with Crippen LogP contribution in [0.3, 0.4) is 0 Å². The Labute approximate surface area is 189 Å². The van der Waals surface area contributed by atoms with Gasteiger partial charge in [-0.3, -0.25) is 10.7 Å². The zero-order valence-corrected chi connectivity index (χ0v) is 19.8. The molecule has 2 aliphatic heterocycles. The number of aliphatic imine (C=N–C) groups is 2. The van der Waals surface area contributed by atoms with Crippen LogP contribution in [0.2, 0.25) is 0 Å². The van der Waals surface area contributed by atoms with Crippen LogP contribution in [0.15, 0.2) is 22.1 Å². The van der Waals surface area contributed by atoms with Crippen molar-refractivity contribution in [2.75, 3.05) is 25.7 Å². The van der Waals surface area contributed by atoms with Crippen LogP contribution < -0.4 is 25.7 Å². The number of ether oxygens (including phenoxy) is 3. The molecular weight excluding hydrogens is 444 g/mol. The zero-order chi connectivity index (χ0) is 22.1. The lowest BCUT2D eigenvalue weighted by atomic mass is 9.81. The van der Waals surface area contributed by atoms with Crippen molar-refractivity contribution in [3.05, 3.63) is 17.7 Å². The van der Waals surface area contributed by atoms with Crippen LogP contribution in [0, 0.1) is 5.92 Å². The summed E-state index contributed by atoms with van der Waals surface area (Å²) in [7, 11) is 0.0612. The summed E-state index contributed by atoms with van der Waals surface area (Å²) in [6, 6.07) is 3.63. The molecule has 3 rings (SSSR count). The first kappa shape index (κ1) is 25.2. The first-order valence-electron chi connectivity index (χ1n) is 9.91. The van der Waals surface area contributed by atoms with Gasteiger partial charge in [0.2, 0.25) is 5.60 Å². The molecule has 0 amide bonds. The fraction of sp³-hybridized carbons (Fsp3) is 0.600. The van der Waals surface area contributed by atoms with Gasteiger partial charge in [0, 0.05) is 17.5 Å². The third-order valence-electron chi connectivity index (χ3n) is 5.67. The van der Waals surface area contributed by atoms with E-state index in [2.05, 4.69) is 9.98 Å². The number of nitrogens with two attached hydrogens (primary N) is 2. The molecule has 1 fully saturated rings. The third-order valence-corrected chi connectivity index (χ3v) is 7.38. The highest BCUT2D eigenvalue weighted by atomic mass is 35.5. The molecule has 11 heteroatoms. The molecule has 0 radical (unpaired) electrons. The van der Waals surface area contributed by atoms with Crippen LogP contribution in [0.5, 0.6) is 17.2 Å². The smallest absolute Gasteiger partial charge is 0.203 e. The van der Waals surface area contributed by atoms with Crippen molar-refractivity contribution in [2.24, 2.45) is 27.4 Å². The molecule has 0 spiro atoms. The van der Waals surface area contributed by atoms with E-state index in [1.54, 1.807) is 26.5 Å². The van der Waals surface area contributed by atoms with Crippen molar-refractivity contribution in [1.82, 2.24) is 0 Å². The first-order valence-corrected chi connectivity index (χ1v) is 11.7. The van der Waals surface area contributed by atoms with Crippen LogP contribution >= 0.6 is 12.4 Å². The highest BCUT2D eigenvalue weighted by Gasteiger charge is 2.48. The van der Waals surface area contributed by atoms with E-state index in [1.165, 1.54) is 0 Å². The Morgan fingerprint density at radius 2 is 1.68 bits per heavy atom. The molecule has 9 nitrogen and oxygen atoms in total. The second kappa shape index (κ2) is 9.62. The summed E-state index contributed by atoms with van der Waals surface area (Å²) < 4.78 is 41.4. The Morgan fingerprint density at radius 3 is 2.19 bits per heavy atom. The van der Waals surface area contributed by atoms with Gasteiger partial charge in [0.15, 0.2) is 17.8 Å². The molecule has 2 unspecified atom stereocenters. The van der Waals surface area contributed by atoms with Crippen molar-refractivity contribution < 1.29 is 22.6 Å². The molecule has 174 valence electrons. The van der Waals surface area contributed by atoms with Gasteiger partial charge in [-0.25, -0.2) is 13.4 Å². The number of hydrogen-bond acceptors (Lipinski definition) is 9. The lowest BCUT2D eigenvalue weighted by molar-refractivity contribution is 0.130. The minimum Gasteiger partial charge on any atom is -0.493 e. The van der Waals surface area contributed by atoms with Gasteiger partial charge >= 0.3 is 0 Å². The number of amidine groups is 1. The van der Waals surface area contributed by atoms with Gasteiger partial charge < -0.3 is 19.9 Å². The lowest BCUT2D eigenvalue weighted by Crippen LogP contribution is -2.60. The van der Waals surface area contributed by atoms with E-state index in [9.17, 15) is 8.42 Å². The van der Waals surface area contributed by atoms with Crippen LogP contribution in [0.25, 0.3) is 0 Å². The molecule has 4 N–H and O–H groups in total. The number of hydrogen-bond donors (Lipinski definition) is 2. The Morgan fingerprint density at radius 1 is 1.10 bits per heavy atom. The van der Waals surface area contributed by atoms with Gasteiger partial charge in [-0.05, 0) is 24.8 Å². The van der Waals surface area contributed by atoms with Gasteiger partial charge in [0.1, 0.15) is 21.4 Å². The number of rotatable bonds is 6.